The lowest BCUT2D eigenvalue weighted by molar-refractivity contribution is 0.712. The second-order valence-electron chi connectivity index (χ2n) is 4.55. The number of hydrogen-bond donors (Lipinski definition) is 1. The van der Waals surface area contributed by atoms with Gasteiger partial charge in [0.15, 0.2) is 0 Å². The molecule has 0 saturated heterocycles. The van der Waals surface area contributed by atoms with Crippen LogP contribution in [0.25, 0.3) is 0 Å². The lowest BCUT2D eigenvalue weighted by Gasteiger charge is -2.17. The highest BCUT2D eigenvalue weighted by Gasteiger charge is 2.04. The van der Waals surface area contributed by atoms with Gasteiger partial charge in [0.25, 0.3) is 0 Å². The standard InChI is InChI=1S/C13H19N5/c1-10-5-6-11(7-12(10)17(2)3)14-8-13-15-9-16-18(13)4/h5-7,9,14H,8H2,1-4H3. The van der Waals surface area contributed by atoms with E-state index in [4.69, 9.17) is 0 Å². The van der Waals surface area contributed by atoms with E-state index in [2.05, 4.69) is 59.5 Å². The van der Waals surface area contributed by atoms with E-state index in [9.17, 15) is 0 Å². The molecule has 5 heteroatoms. The van der Waals surface area contributed by atoms with Gasteiger partial charge in [-0.25, -0.2) is 4.98 Å². The van der Waals surface area contributed by atoms with Crippen LogP contribution in [0.3, 0.4) is 0 Å². The topological polar surface area (TPSA) is 46.0 Å². The van der Waals surface area contributed by atoms with E-state index in [-0.39, 0.29) is 0 Å². The van der Waals surface area contributed by atoms with Crippen molar-refractivity contribution in [2.45, 2.75) is 13.5 Å². The van der Waals surface area contributed by atoms with Crippen LogP contribution in [-0.2, 0) is 13.6 Å². The predicted octanol–water partition coefficient (Wildman–Crippen LogP) is 1.80. The molecule has 1 aromatic carbocycles. The Balaban J connectivity index is 2.10. The van der Waals surface area contributed by atoms with Gasteiger partial charge in [0.1, 0.15) is 12.2 Å². The fourth-order valence-corrected chi connectivity index (χ4v) is 1.86. The third-order valence-corrected chi connectivity index (χ3v) is 2.95. The van der Waals surface area contributed by atoms with Crippen LogP contribution in [-0.4, -0.2) is 28.9 Å². The molecule has 0 bridgehead atoms. The normalized spacial score (nSPS) is 10.4. The van der Waals surface area contributed by atoms with Crippen LogP contribution in [0.5, 0.6) is 0 Å². The van der Waals surface area contributed by atoms with E-state index in [1.165, 1.54) is 11.3 Å². The molecular weight excluding hydrogens is 226 g/mol. The number of benzene rings is 1. The summed E-state index contributed by atoms with van der Waals surface area (Å²) < 4.78 is 1.77. The number of hydrogen-bond acceptors (Lipinski definition) is 4. The Labute approximate surface area is 107 Å². The van der Waals surface area contributed by atoms with Crippen molar-refractivity contribution in [2.75, 3.05) is 24.3 Å². The summed E-state index contributed by atoms with van der Waals surface area (Å²) in [5.74, 6) is 0.918. The summed E-state index contributed by atoms with van der Waals surface area (Å²) in [6.45, 7) is 2.79. The van der Waals surface area contributed by atoms with E-state index in [0.29, 0.717) is 6.54 Å². The van der Waals surface area contributed by atoms with Crippen LogP contribution in [0.1, 0.15) is 11.4 Å². The molecule has 1 N–H and O–H groups in total. The molecule has 1 heterocycles. The van der Waals surface area contributed by atoms with Gasteiger partial charge in [-0.2, -0.15) is 5.10 Å². The highest BCUT2D eigenvalue weighted by Crippen LogP contribution is 2.22. The van der Waals surface area contributed by atoms with Crippen molar-refractivity contribution >= 4 is 11.4 Å². The van der Waals surface area contributed by atoms with Gasteiger partial charge in [-0.05, 0) is 24.6 Å². The summed E-state index contributed by atoms with van der Waals surface area (Å²) >= 11 is 0. The van der Waals surface area contributed by atoms with Gasteiger partial charge in [0.05, 0.1) is 6.54 Å². The third-order valence-electron chi connectivity index (χ3n) is 2.95. The maximum absolute atomic E-state index is 4.18. The number of rotatable bonds is 4. The first-order valence-electron chi connectivity index (χ1n) is 5.92. The summed E-state index contributed by atoms with van der Waals surface area (Å²) in [7, 11) is 5.99. The molecule has 18 heavy (non-hydrogen) atoms. The monoisotopic (exact) mass is 245 g/mol. The maximum Gasteiger partial charge on any atom is 0.145 e. The van der Waals surface area contributed by atoms with E-state index < -0.39 is 0 Å². The summed E-state index contributed by atoms with van der Waals surface area (Å²) in [5, 5.41) is 7.41. The van der Waals surface area contributed by atoms with Gasteiger partial charge >= 0.3 is 0 Å². The predicted molar refractivity (Wildman–Crippen MR) is 73.8 cm³/mol. The van der Waals surface area contributed by atoms with Gasteiger partial charge < -0.3 is 10.2 Å². The summed E-state index contributed by atoms with van der Waals surface area (Å²) in [6.07, 6.45) is 1.57. The third kappa shape index (κ3) is 2.61. The molecule has 0 radical (unpaired) electrons. The van der Waals surface area contributed by atoms with Gasteiger partial charge in [0.2, 0.25) is 0 Å². The first-order chi connectivity index (χ1) is 8.58. The van der Waals surface area contributed by atoms with E-state index in [1.807, 2.05) is 7.05 Å². The SMILES string of the molecule is Cc1ccc(NCc2ncnn2C)cc1N(C)C. The van der Waals surface area contributed by atoms with Crippen LogP contribution in [0.2, 0.25) is 0 Å². The summed E-state index contributed by atoms with van der Waals surface area (Å²) in [6, 6.07) is 6.35. The lowest BCUT2D eigenvalue weighted by atomic mass is 10.1. The number of aromatic nitrogens is 3. The molecule has 2 aromatic rings. The van der Waals surface area contributed by atoms with Crippen molar-refractivity contribution in [3.63, 3.8) is 0 Å². The molecule has 0 spiro atoms. The second kappa shape index (κ2) is 5.08. The average Bonchev–Trinajstić information content (AvgIpc) is 2.73. The van der Waals surface area contributed by atoms with Crippen molar-refractivity contribution in [3.8, 4) is 0 Å². The Bertz CT molecular complexity index is 530. The molecule has 0 aliphatic carbocycles. The fourth-order valence-electron chi connectivity index (χ4n) is 1.86. The number of nitrogens with zero attached hydrogens (tertiary/aromatic N) is 4. The minimum absolute atomic E-state index is 0.673. The molecule has 0 unspecified atom stereocenters. The van der Waals surface area contributed by atoms with Crippen molar-refractivity contribution in [3.05, 3.63) is 35.9 Å². The van der Waals surface area contributed by atoms with Gasteiger partial charge in [0, 0.05) is 32.5 Å². The molecule has 0 atom stereocenters. The molecular formula is C13H19N5. The number of anilines is 2. The molecule has 2 rings (SSSR count). The molecule has 5 nitrogen and oxygen atoms in total. The Morgan fingerprint density at radius 1 is 1.33 bits per heavy atom. The molecule has 96 valence electrons. The van der Waals surface area contributed by atoms with Crippen molar-refractivity contribution in [1.29, 1.82) is 0 Å². The van der Waals surface area contributed by atoms with Crippen molar-refractivity contribution < 1.29 is 0 Å². The zero-order valence-corrected chi connectivity index (χ0v) is 11.3. The zero-order valence-electron chi connectivity index (χ0n) is 11.3. The zero-order chi connectivity index (χ0) is 13.1. The van der Waals surface area contributed by atoms with Crippen LogP contribution in [0, 0.1) is 6.92 Å². The lowest BCUT2D eigenvalue weighted by Crippen LogP contribution is -2.11. The molecule has 0 saturated carbocycles. The van der Waals surface area contributed by atoms with Gasteiger partial charge in [-0.3, -0.25) is 4.68 Å². The minimum atomic E-state index is 0.673. The van der Waals surface area contributed by atoms with Crippen molar-refractivity contribution in [2.24, 2.45) is 7.05 Å². The molecule has 0 aliphatic heterocycles. The maximum atomic E-state index is 4.18. The van der Waals surface area contributed by atoms with E-state index in [1.54, 1.807) is 11.0 Å². The van der Waals surface area contributed by atoms with Crippen LogP contribution < -0.4 is 10.2 Å². The quantitative estimate of drug-likeness (QED) is 0.892. The van der Waals surface area contributed by atoms with Gasteiger partial charge in [-0.1, -0.05) is 6.07 Å². The number of aryl methyl sites for hydroxylation is 2. The summed E-state index contributed by atoms with van der Waals surface area (Å²) in [4.78, 5) is 6.30. The first-order valence-corrected chi connectivity index (χ1v) is 5.92. The summed E-state index contributed by atoms with van der Waals surface area (Å²) in [5.41, 5.74) is 3.58. The Morgan fingerprint density at radius 3 is 2.72 bits per heavy atom. The minimum Gasteiger partial charge on any atom is -0.378 e. The highest BCUT2D eigenvalue weighted by molar-refractivity contribution is 5.61. The van der Waals surface area contributed by atoms with Crippen molar-refractivity contribution in [1.82, 2.24) is 14.8 Å². The van der Waals surface area contributed by atoms with E-state index in [0.717, 1.165) is 11.5 Å². The Kier molecular flexibility index (Phi) is 3.50. The Morgan fingerprint density at radius 2 is 2.11 bits per heavy atom. The number of nitrogens with one attached hydrogen (secondary N) is 1. The largest absolute Gasteiger partial charge is 0.378 e. The molecule has 1 aromatic heterocycles. The molecule has 0 fully saturated rings. The van der Waals surface area contributed by atoms with Crippen LogP contribution in [0.4, 0.5) is 11.4 Å². The molecule has 0 aliphatic rings. The fraction of sp³-hybridized carbons (Fsp3) is 0.385. The average molecular weight is 245 g/mol. The Hall–Kier alpha value is -2.04. The first kappa shape index (κ1) is 12.4. The molecule has 0 amide bonds. The van der Waals surface area contributed by atoms with Crippen LogP contribution >= 0.6 is 0 Å². The van der Waals surface area contributed by atoms with Crippen LogP contribution in [0.15, 0.2) is 24.5 Å². The van der Waals surface area contributed by atoms with Gasteiger partial charge in [-0.15, -0.1) is 0 Å². The smallest absolute Gasteiger partial charge is 0.145 e. The second-order valence-corrected chi connectivity index (χ2v) is 4.55. The highest BCUT2D eigenvalue weighted by atomic mass is 15.3. The van der Waals surface area contributed by atoms with E-state index >= 15 is 0 Å².